The highest BCUT2D eigenvalue weighted by Gasteiger charge is 2.16. The van der Waals surface area contributed by atoms with Gasteiger partial charge < -0.3 is 10.6 Å². The Bertz CT molecular complexity index is 76.2. The molecule has 0 aromatic heterocycles. The molecule has 1 fully saturated rings. The van der Waals surface area contributed by atoms with Crippen LogP contribution in [0.5, 0.6) is 0 Å². The third-order valence-corrected chi connectivity index (χ3v) is 1.91. The van der Waals surface area contributed by atoms with E-state index in [1.54, 1.807) is 0 Å². The van der Waals surface area contributed by atoms with E-state index in [1.807, 2.05) is 0 Å². The topological polar surface area (TPSA) is 24.1 Å². The Morgan fingerprint density at radius 1 is 1.67 bits per heavy atom. The number of hydrogen-bond donors (Lipinski definition) is 2. The van der Waals surface area contributed by atoms with E-state index in [2.05, 4.69) is 24.5 Å². The molecule has 1 aliphatic rings. The van der Waals surface area contributed by atoms with Gasteiger partial charge in [-0.2, -0.15) is 0 Å². The van der Waals surface area contributed by atoms with Gasteiger partial charge in [-0.05, 0) is 13.3 Å². The normalized spacial score (nSPS) is 23.3. The summed E-state index contributed by atoms with van der Waals surface area (Å²) in [6, 6.07) is 1.44. The van der Waals surface area contributed by atoms with Crippen LogP contribution in [0.3, 0.4) is 0 Å². The summed E-state index contributed by atoms with van der Waals surface area (Å²) in [5, 5.41) is 6.73. The van der Waals surface area contributed by atoms with Crippen molar-refractivity contribution in [3.8, 4) is 0 Å². The molecule has 54 valence electrons. The second-order valence-corrected chi connectivity index (χ2v) is 2.83. The van der Waals surface area contributed by atoms with Crippen LogP contribution in [0.4, 0.5) is 0 Å². The van der Waals surface area contributed by atoms with Crippen LogP contribution in [-0.2, 0) is 0 Å². The number of rotatable bonds is 3. The molecule has 0 radical (unpaired) electrons. The molecule has 1 rings (SSSR count). The summed E-state index contributed by atoms with van der Waals surface area (Å²) in [4.78, 5) is 0. The maximum atomic E-state index is 3.50. The molecular weight excluding hydrogens is 112 g/mol. The van der Waals surface area contributed by atoms with Gasteiger partial charge in [0, 0.05) is 25.2 Å². The molecule has 2 nitrogen and oxygen atoms in total. The van der Waals surface area contributed by atoms with E-state index >= 15 is 0 Å². The van der Waals surface area contributed by atoms with Crippen molar-refractivity contribution in [1.29, 1.82) is 0 Å². The first-order valence-corrected chi connectivity index (χ1v) is 3.79. The molecule has 1 saturated heterocycles. The molecule has 1 aliphatic heterocycles. The minimum absolute atomic E-state index is 0.692. The van der Waals surface area contributed by atoms with E-state index in [-0.39, 0.29) is 0 Å². The molecule has 2 N–H and O–H groups in total. The van der Waals surface area contributed by atoms with Crippen molar-refractivity contribution in [2.45, 2.75) is 32.4 Å². The molecule has 1 atom stereocenters. The first-order valence-electron chi connectivity index (χ1n) is 3.79. The van der Waals surface area contributed by atoms with Crippen LogP contribution in [0.15, 0.2) is 0 Å². The molecule has 0 spiro atoms. The third-order valence-electron chi connectivity index (χ3n) is 1.91. The zero-order chi connectivity index (χ0) is 6.69. The average molecular weight is 128 g/mol. The Kier molecular flexibility index (Phi) is 2.49. The second kappa shape index (κ2) is 3.18. The van der Waals surface area contributed by atoms with E-state index in [9.17, 15) is 0 Å². The van der Waals surface area contributed by atoms with Crippen LogP contribution in [0, 0.1) is 0 Å². The van der Waals surface area contributed by atoms with Gasteiger partial charge in [-0.3, -0.25) is 0 Å². The van der Waals surface area contributed by atoms with E-state index in [4.69, 9.17) is 0 Å². The predicted octanol–water partition coefficient (Wildman–Crippen LogP) is 0.346. The maximum absolute atomic E-state index is 3.50. The van der Waals surface area contributed by atoms with E-state index in [1.165, 1.54) is 6.42 Å². The van der Waals surface area contributed by atoms with Crippen molar-refractivity contribution in [1.82, 2.24) is 10.6 Å². The van der Waals surface area contributed by atoms with Crippen molar-refractivity contribution in [2.24, 2.45) is 0 Å². The zero-order valence-corrected chi connectivity index (χ0v) is 6.28. The van der Waals surface area contributed by atoms with Crippen LogP contribution in [0.25, 0.3) is 0 Å². The summed E-state index contributed by atoms with van der Waals surface area (Å²) in [6.45, 7) is 6.76. The van der Waals surface area contributed by atoms with Crippen LogP contribution in [-0.4, -0.2) is 25.2 Å². The fraction of sp³-hybridized carbons (Fsp3) is 1.00. The van der Waals surface area contributed by atoms with Crippen molar-refractivity contribution < 1.29 is 0 Å². The van der Waals surface area contributed by atoms with E-state index in [0.29, 0.717) is 6.04 Å². The summed E-state index contributed by atoms with van der Waals surface area (Å²) in [5.41, 5.74) is 0. The van der Waals surface area contributed by atoms with Crippen molar-refractivity contribution in [3.63, 3.8) is 0 Å². The molecule has 1 heterocycles. The average Bonchev–Trinajstić information content (AvgIpc) is 1.78. The smallest absolute Gasteiger partial charge is 0.0319 e. The lowest BCUT2D eigenvalue weighted by molar-refractivity contribution is 0.332. The van der Waals surface area contributed by atoms with E-state index in [0.717, 1.165) is 19.1 Å². The maximum Gasteiger partial charge on any atom is 0.0319 e. The number of hydrogen-bond acceptors (Lipinski definition) is 2. The molecule has 0 amide bonds. The highest BCUT2D eigenvalue weighted by molar-refractivity contribution is 4.83. The van der Waals surface area contributed by atoms with Crippen LogP contribution < -0.4 is 10.6 Å². The van der Waals surface area contributed by atoms with Gasteiger partial charge in [-0.25, -0.2) is 0 Å². The fourth-order valence-electron chi connectivity index (χ4n) is 0.927. The summed E-state index contributed by atoms with van der Waals surface area (Å²) in [5.74, 6) is 0. The Hall–Kier alpha value is -0.0800. The highest BCUT2D eigenvalue weighted by atomic mass is 15.1. The van der Waals surface area contributed by atoms with Gasteiger partial charge in [-0.15, -0.1) is 0 Å². The minimum atomic E-state index is 0.692. The lowest BCUT2D eigenvalue weighted by Gasteiger charge is -2.30. The third kappa shape index (κ3) is 1.95. The lowest BCUT2D eigenvalue weighted by atomic mass is 10.1. The SMILES string of the molecule is CCC(C)NC1CNC1. The quantitative estimate of drug-likeness (QED) is 0.573. The first kappa shape index (κ1) is 7.03. The van der Waals surface area contributed by atoms with Gasteiger partial charge in [0.2, 0.25) is 0 Å². The van der Waals surface area contributed by atoms with Crippen LogP contribution in [0.2, 0.25) is 0 Å². The number of nitrogens with one attached hydrogen (secondary N) is 2. The highest BCUT2D eigenvalue weighted by Crippen LogP contribution is 1.95. The van der Waals surface area contributed by atoms with Gasteiger partial charge in [0.1, 0.15) is 0 Å². The molecule has 0 bridgehead atoms. The van der Waals surface area contributed by atoms with Gasteiger partial charge in [0.15, 0.2) is 0 Å². The van der Waals surface area contributed by atoms with E-state index < -0.39 is 0 Å². The Morgan fingerprint density at radius 2 is 2.33 bits per heavy atom. The molecule has 0 aliphatic carbocycles. The second-order valence-electron chi connectivity index (χ2n) is 2.83. The minimum Gasteiger partial charge on any atom is -0.314 e. The summed E-state index contributed by atoms with van der Waals surface area (Å²) < 4.78 is 0. The van der Waals surface area contributed by atoms with Crippen molar-refractivity contribution in [2.75, 3.05) is 13.1 Å². The monoisotopic (exact) mass is 128 g/mol. The van der Waals surface area contributed by atoms with Gasteiger partial charge in [-0.1, -0.05) is 6.92 Å². The molecular formula is C7H16N2. The fourth-order valence-corrected chi connectivity index (χ4v) is 0.927. The van der Waals surface area contributed by atoms with Gasteiger partial charge >= 0.3 is 0 Å². The van der Waals surface area contributed by atoms with Crippen LogP contribution in [0.1, 0.15) is 20.3 Å². The predicted molar refractivity (Wildman–Crippen MR) is 39.5 cm³/mol. The first-order chi connectivity index (χ1) is 4.33. The summed E-state index contributed by atoms with van der Waals surface area (Å²) in [6.07, 6.45) is 1.23. The lowest BCUT2D eigenvalue weighted by Crippen LogP contribution is -2.57. The van der Waals surface area contributed by atoms with Crippen LogP contribution >= 0.6 is 0 Å². The largest absolute Gasteiger partial charge is 0.314 e. The molecule has 9 heavy (non-hydrogen) atoms. The molecule has 0 aromatic rings. The summed E-state index contributed by atoms with van der Waals surface area (Å²) >= 11 is 0. The summed E-state index contributed by atoms with van der Waals surface area (Å²) in [7, 11) is 0. The molecule has 0 aromatic carbocycles. The van der Waals surface area contributed by atoms with Gasteiger partial charge in [0.25, 0.3) is 0 Å². The Balaban J connectivity index is 2.01. The Labute approximate surface area is 57.0 Å². The molecule has 1 unspecified atom stereocenters. The van der Waals surface area contributed by atoms with Gasteiger partial charge in [0.05, 0.1) is 0 Å². The van der Waals surface area contributed by atoms with Crippen molar-refractivity contribution in [3.05, 3.63) is 0 Å². The Morgan fingerprint density at radius 3 is 2.67 bits per heavy atom. The zero-order valence-electron chi connectivity index (χ0n) is 6.28. The standard InChI is InChI=1S/C7H16N2/c1-3-6(2)9-7-4-8-5-7/h6-9H,3-5H2,1-2H3. The van der Waals surface area contributed by atoms with Crippen molar-refractivity contribution >= 4 is 0 Å². The molecule has 0 saturated carbocycles. The molecule has 2 heteroatoms.